The van der Waals surface area contributed by atoms with Gasteiger partial charge in [-0.15, -0.1) is 11.8 Å². The molecule has 1 aromatic heterocycles. The lowest BCUT2D eigenvalue weighted by molar-refractivity contribution is -0.120. The summed E-state index contributed by atoms with van der Waals surface area (Å²) in [5.74, 6) is 2.05. The fraction of sp³-hybridized carbons (Fsp3) is 0.375. The number of carbonyl (C=O) groups excluding carboxylic acids is 1. The van der Waals surface area contributed by atoms with E-state index < -0.39 is 0 Å². The molecule has 1 aromatic carbocycles. The third-order valence-corrected chi connectivity index (χ3v) is 4.72. The van der Waals surface area contributed by atoms with E-state index in [1.165, 1.54) is 0 Å². The molecule has 2 heterocycles. The van der Waals surface area contributed by atoms with Crippen molar-refractivity contribution in [1.82, 2.24) is 26.7 Å². The highest BCUT2D eigenvalue weighted by atomic mass is 32.2. The van der Waals surface area contributed by atoms with Gasteiger partial charge in [-0.2, -0.15) is 5.53 Å². The Morgan fingerprint density at radius 1 is 1.42 bits per heavy atom. The van der Waals surface area contributed by atoms with Gasteiger partial charge >= 0.3 is 0 Å². The number of benzene rings is 1. The minimum absolute atomic E-state index is 0.0396. The average molecular weight is 347 g/mol. The van der Waals surface area contributed by atoms with E-state index in [0.717, 1.165) is 17.9 Å². The van der Waals surface area contributed by atoms with E-state index in [4.69, 9.17) is 4.42 Å². The molecule has 0 bridgehead atoms. The quantitative estimate of drug-likeness (QED) is 0.555. The zero-order valence-corrected chi connectivity index (χ0v) is 14.3. The summed E-state index contributed by atoms with van der Waals surface area (Å²) in [5, 5.41) is 3.25. The Balaban J connectivity index is 1.46. The second-order valence-corrected chi connectivity index (χ2v) is 6.73. The molecule has 3 rings (SSSR count). The van der Waals surface area contributed by atoms with Crippen LogP contribution in [0, 0.1) is 6.92 Å². The number of aromatic nitrogens is 1. The molecule has 1 aliphatic heterocycles. The molecular weight excluding hydrogens is 326 g/mol. The van der Waals surface area contributed by atoms with Gasteiger partial charge in [-0.1, -0.05) is 18.2 Å². The first-order valence-corrected chi connectivity index (χ1v) is 8.90. The van der Waals surface area contributed by atoms with E-state index in [1.54, 1.807) is 11.8 Å². The van der Waals surface area contributed by atoms with Gasteiger partial charge in [0.15, 0.2) is 0 Å². The predicted molar refractivity (Wildman–Crippen MR) is 93.9 cm³/mol. The zero-order chi connectivity index (χ0) is 16.8. The van der Waals surface area contributed by atoms with Gasteiger partial charge in [0, 0.05) is 24.4 Å². The molecule has 2 aromatic rings. The summed E-state index contributed by atoms with van der Waals surface area (Å²) in [4.78, 5) is 16.5. The average Bonchev–Trinajstić information content (AvgIpc) is 3.23. The second-order valence-electron chi connectivity index (χ2n) is 5.42. The van der Waals surface area contributed by atoms with Gasteiger partial charge in [-0.3, -0.25) is 4.79 Å². The fourth-order valence-corrected chi connectivity index (χ4v) is 3.18. The first-order valence-electron chi connectivity index (χ1n) is 7.86. The molecule has 0 radical (unpaired) electrons. The normalized spacial score (nSPS) is 17.1. The van der Waals surface area contributed by atoms with Crippen molar-refractivity contribution in [3.63, 3.8) is 0 Å². The summed E-state index contributed by atoms with van der Waals surface area (Å²) in [6.45, 7) is 3.33. The predicted octanol–water partition coefficient (Wildman–Crippen LogP) is 0.980. The van der Waals surface area contributed by atoms with Crippen molar-refractivity contribution in [2.75, 3.05) is 18.8 Å². The molecule has 8 heteroatoms. The molecule has 1 unspecified atom stereocenters. The molecule has 1 atom stereocenters. The van der Waals surface area contributed by atoms with Crippen molar-refractivity contribution >= 4 is 17.7 Å². The molecule has 0 spiro atoms. The van der Waals surface area contributed by atoms with E-state index in [9.17, 15) is 4.79 Å². The number of hydrogen-bond acceptors (Lipinski definition) is 7. The van der Waals surface area contributed by atoms with Crippen molar-refractivity contribution in [2.45, 2.75) is 18.7 Å². The van der Waals surface area contributed by atoms with Gasteiger partial charge in [-0.25, -0.2) is 15.8 Å². The summed E-state index contributed by atoms with van der Waals surface area (Å²) < 4.78 is 5.68. The molecule has 1 aliphatic rings. The SMILES string of the molecule is Cc1oc(-c2ccccc2)nc1CC(=O)NCCSC1CNNN1. The number of amides is 1. The molecule has 1 amide bonds. The molecule has 128 valence electrons. The van der Waals surface area contributed by atoms with E-state index >= 15 is 0 Å². The largest absolute Gasteiger partial charge is 0.441 e. The Morgan fingerprint density at radius 3 is 3.00 bits per heavy atom. The molecule has 7 nitrogen and oxygen atoms in total. The third kappa shape index (κ3) is 4.57. The van der Waals surface area contributed by atoms with E-state index in [0.29, 0.717) is 29.3 Å². The van der Waals surface area contributed by atoms with Gasteiger partial charge in [0.25, 0.3) is 0 Å². The van der Waals surface area contributed by atoms with Crippen LogP contribution in [0.4, 0.5) is 0 Å². The van der Waals surface area contributed by atoms with E-state index in [1.807, 2.05) is 37.3 Å². The van der Waals surface area contributed by atoms with Crippen LogP contribution >= 0.6 is 11.8 Å². The number of oxazole rings is 1. The van der Waals surface area contributed by atoms with Crippen LogP contribution in [0.25, 0.3) is 11.5 Å². The first kappa shape index (κ1) is 17.0. The summed E-state index contributed by atoms with van der Waals surface area (Å²) in [7, 11) is 0. The zero-order valence-electron chi connectivity index (χ0n) is 13.5. The van der Waals surface area contributed by atoms with Crippen LogP contribution in [0.5, 0.6) is 0 Å². The van der Waals surface area contributed by atoms with Crippen molar-refractivity contribution in [3.8, 4) is 11.5 Å². The minimum atomic E-state index is -0.0396. The van der Waals surface area contributed by atoms with Crippen molar-refractivity contribution in [2.24, 2.45) is 0 Å². The van der Waals surface area contributed by atoms with Crippen molar-refractivity contribution in [1.29, 1.82) is 0 Å². The van der Waals surface area contributed by atoms with Gasteiger partial charge in [-0.05, 0) is 19.1 Å². The van der Waals surface area contributed by atoms with Crippen LogP contribution in [-0.2, 0) is 11.2 Å². The second kappa shape index (κ2) is 8.29. The highest BCUT2D eigenvalue weighted by molar-refractivity contribution is 7.99. The molecule has 24 heavy (non-hydrogen) atoms. The number of nitrogens with one attached hydrogen (secondary N) is 4. The molecule has 0 saturated carbocycles. The van der Waals surface area contributed by atoms with Crippen LogP contribution in [0.15, 0.2) is 34.7 Å². The highest BCUT2D eigenvalue weighted by Crippen LogP contribution is 2.21. The van der Waals surface area contributed by atoms with Crippen LogP contribution in [0.1, 0.15) is 11.5 Å². The fourth-order valence-electron chi connectivity index (χ4n) is 2.33. The van der Waals surface area contributed by atoms with Crippen LogP contribution in [-0.4, -0.2) is 35.1 Å². The van der Waals surface area contributed by atoms with Gasteiger partial charge in [0.2, 0.25) is 11.8 Å². The van der Waals surface area contributed by atoms with Gasteiger partial charge in [0.05, 0.1) is 17.5 Å². The number of thioether (sulfide) groups is 1. The van der Waals surface area contributed by atoms with E-state index in [-0.39, 0.29) is 12.3 Å². The lowest BCUT2D eigenvalue weighted by atomic mass is 10.2. The topological polar surface area (TPSA) is 91.2 Å². The Labute approximate surface area is 144 Å². The smallest absolute Gasteiger partial charge is 0.226 e. The van der Waals surface area contributed by atoms with E-state index in [2.05, 4.69) is 26.7 Å². The lowest BCUT2D eigenvalue weighted by Gasteiger charge is -2.08. The Hall–Kier alpha value is -1.87. The summed E-state index contributed by atoms with van der Waals surface area (Å²) in [6, 6.07) is 9.69. The van der Waals surface area contributed by atoms with Gasteiger partial charge in [0.1, 0.15) is 5.76 Å². The summed E-state index contributed by atoms with van der Waals surface area (Å²) >= 11 is 1.75. The highest BCUT2D eigenvalue weighted by Gasteiger charge is 2.15. The monoisotopic (exact) mass is 347 g/mol. The van der Waals surface area contributed by atoms with Crippen LogP contribution in [0.3, 0.4) is 0 Å². The summed E-state index contributed by atoms with van der Waals surface area (Å²) in [5.41, 5.74) is 10.5. The van der Waals surface area contributed by atoms with Crippen molar-refractivity contribution < 1.29 is 9.21 Å². The molecular formula is C16H21N5O2S. The van der Waals surface area contributed by atoms with Crippen LogP contribution in [0.2, 0.25) is 0 Å². The van der Waals surface area contributed by atoms with Crippen molar-refractivity contribution in [3.05, 3.63) is 41.8 Å². The first-order chi connectivity index (χ1) is 11.7. The molecule has 4 N–H and O–H groups in total. The van der Waals surface area contributed by atoms with Gasteiger partial charge < -0.3 is 9.73 Å². The lowest BCUT2D eigenvalue weighted by Crippen LogP contribution is -2.33. The minimum Gasteiger partial charge on any atom is -0.441 e. The number of carbonyl (C=O) groups is 1. The number of aryl methyl sites for hydroxylation is 1. The maximum Gasteiger partial charge on any atom is 0.226 e. The number of nitrogens with zero attached hydrogens (tertiary/aromatic N) is 1. The number of hydrazine groups is 2. The summed E-state index contributed by atoms with van der Waals surface area (Å²) in [6.07, 6.45) is 0.234. The number of hydrogen-bond donors (Lipinski definition) is 4. The molecule has 1 saturated heterocycles. The Kier molecular flexibility index (Phi) is 5.86. The van der Waals surface area contributed by atoms with Crippen LogP contribution < -0.4 is 21.7 Å². The number of rotatable bonds is 7. The Bertz CT molecular complexity index is 670. The molecule has 0 aliphatic carbocycles. The maximum absolute atomic E-state index is 12.1. The standard InChI is InChI=1S/C16H21N5O2S/c1-11-13(19-16(23-11)12-5-3-2-4-6-12)9-14(22)17-7-8-24-15-10-18-21-20-15/h2-6,15,18,20-21H,7-10H2,1H3,(H,17,22). The third-order valence-electron chi connectivity index (χ3n) is 3.59. The molecule has 1 fully saturated rings. The maximum atomic E-state index is 12.1. The Morgan fingerprint density at radius 2 is 2.25 bits per heavy atom.